The first-order valence-electron chi connectivity index (χ1n) is 4.96. The number of likely N-dealkylation sites (N-methyl/N-ethyl adjacent to an activating group) is 1. The van der Waals surface area contributed by atoms with Crippen LogP contribution in [0.15, 0.2) is 0 Å². The highest BCUT2D eigenvalue weighted by Crippen LogP contribution is 2.07. The van der Waals surface area contributed by atoms with Crippen LogP contribution in [0.1, 0.15) is 33.6 Å². The highest BCUT2D eigenvalue weighted by atomic mass is 16.3. The van der Waals surface area contributed by atoms with Gasteiger partial charge < -0.3 is 10.0 Å². The Morgan fingerprint density at radius 2 is 1.83 bits per heavy atom. The molecule has 2 nitrogen and oxygen atoms in total. The Bertz CT molecular complexity index is 102. The Hall–Kier alpha value is -0.0800. The second-order valence-corrected chi connectivity index (χ2v) is 3.70. The number of aliphatic hydroxyl groups excluding tert-OH is 1. The number of aliphatic hydroxyl groups is 1. The second kappa shape index (κ2) is 6.44. The van der Waals surface area contributed by atoms with Gasteiger partial charge >= 0.3 is 0 Å². The van der Waals surface area contributed by atoms with Gasteiger partial charge in [0.25, 0.3) is 0 Å². The highest BCUT2D eigenvalue weighted by molar-refractivity contribution is 4.67. The van der Waals surface area contributed by atoms with Crippen LogP contribution in [0.3, 0.4) is 0 Å². The van der Waals surface area contributed by atoms with Crippen molar-refractivity contribution in [2.45, 2.75) is 39.7 Å². The Labute approximate surface area is 76.6 Å². The van der Waals surface area contributed by atoms with E-state index in [9.17, 15) is 0 Å². The van der Waals surface area contributed by atoms with Crippen LogP contribution >= 0.6 is 0 Å². The Balaban J connectivity index is 3.75. The van der Waals surface area contributed by atoms with Gasteiger partial charge in [-0.25, -0.2) is 0 Å². The average molecular weight is 173 g/mol. The average Bonchev–Trinajstić information content (AvgIpc) is 2.06. The highest BCUT2D eigenvalue weighted by Gasteiger charge is 2.12. The van der Waals surface area contributed by atoms with Crippen molar-refractivity contribution in [3.8, 4) is 0 Å². The molecule has 0 radical (unpaired) electrons. The summed E-state index contributed by atoms with van der Waals surface area (Å²) >= 11 is 0. The fourth-order valence-corrected chi connectivity index (χ4v) is 1.35. The Morgan fingerprint density at radius 1 is 1.25 bits per heavy atom. The van der Waals surface area contributed by atoms with Gasteiger partial charge in [0.05, 0.1) is 6.61 Å². The molecule has 2 heteroatoms. The van der Waals surface area contributed by atoms with Crippen molar-refractivity contribution in [3.05, 3.63) is 0 Å². The molecule has 0 fully saturated rings. The van der Waals surface area contributed by atoms with Crippen LogP contribution in [0.5, 0.6) is 0 Å². The third-order valence-electron chi connectivity index (χ3n) is 2.60. The summed E-state index contributed by atoms with van der Waals surface area (Å²) in [6.07, 6.45) is 2.25. The molecule has 0 saturated carbocycles. The monoisotopic (exact) mass is 173 g/mol. The van der Waals surface area contributed by atoms with Crippen LogP contribution in [-0.2, 0) is 0 Å². The van der Waals surface area contributed by atoms with E-state index in [1.807, 2.05) is 0 Å². The molecule has 0 aromatic heterocycles. The lowest BCUT2D eigenvalue weighted by molar-refractivity contribution is 0.130. The molecule has 12 heavy (non-hydrogen) atoms. The van der Waals surface area contributed by atoms with Gasteiger partial charge in [-0.15, -0.1) is 0 Å². The van der Waals surface area contributed by atoms with E-state index in [1.165, 1.54) is 6.42 Å². The molecule has 1 unspecified atom stereocenters. The molecule has 0 rings (SSSR count). The zero-order chi connectivity index (χ0) is 9.56. The van der Waals surface area contributed by atoms with Crippen molar-refractivity contribution in [1.82, 2.24) is 4.90 Å². The maximum atomic E-state index is 9.04. The number of hydrogen-bond donors (Lipinski definition) is 1. The molecule has 0 aromatic rings. The molecule has 0 amide bonds. The number of hydrogen-bond acceptors (Lipinski definition) is 2. The summed E-state index contributed by atoms with van der Waals surface area (Å²) in [4.78, 5) is 2.26. The molecule has 0 aliphatic heterocycles. The maximum Gasteiger partial charge on any atom is 0.0586 e. The molecule has 74 valence electrons. The SMILES string of the molecule is CCC(C)CN(C)[C@H](CC)CO. The fraction of sp³-hybridized carbons (Fsp3) is 1.00. The number of nitrogens with zero attached hydrogens (tertiary/aromatic N) is 1. The first-order valence-corrected chi connectivity index (χ1v) is 4.96. The molecule has 1 N–H and O–H groups in total. The third kappa shape index (κ3) is 4.07. The Morgan fingerprint density at radius 3 is 2.17 bits per heavy atom. The largest absolute Gasteiger partial charge is 0.395 e. The first kappa shape index (κ1) is 11.9. The van der Waals surface area contributed by atoms with Crippen molar-refractivity contribution >= 4 is 0 Å². The van der Waals surface area contributed by atoms with Gasteiger partial charge in [0.15, 0.2) is 0 Å². The quantitative estimate of drug-likeness (QED) is 0.661. The van der Waals surface area contributed by atoms with Gasteiger partial charge in [-0.05, 0) is 19.4 Å². The van der Waals surface area contributed by atoms with E-state index in [4.69, 9.17) is 5.11 Å². The minimum absolute atomic E-state index is 0.281. The van der Waals surface area contributed by atoms with Gasteiger partial charge in [-0.1, -0.05) is 27.2 Å². The second-order valence-electron chi connectivity index (χ2n) is 3.70. The van der Waals surface area contributed by atoms with Crippen molar-refractivity contribution in [2.24, 2.45) is 5.92 Å². The van der Waals surface area contributed by atoms with Crippen molar-refractivity contribution in [1.29, 1.82) is 0 Å². The summed E-state index contributed by atoms with van der Waals surface area (Å²) in [6.45, 7) is 7.95. The molecule has 0 heterocycles. The molecule has 2 atom stereocenters. The predicted octanol–water partition coefficient (Wildman–Crippen LogP) is 1.74. The van der Waals surface area contributed by atoms with E-state index in [0.29, 0.717) is 6.04 Å². The summed E-state index contributed by atoms with van der Waals surface area (Å²) < 4.78 is 0. The summed E-state index contributed by atoms with van der Waals surface area (Å²) in [7, 11) is 2.09. The van der Waals surface area contributed by atoms with Crippen LogP contribution in [0.2, 0.25) is 0 Å². The van der Waals surface area contributed by atoms with E-state index in [-0.39, 0.29) is 6.61 Å². The standard InChI is InChI=1S/C10H23NO/c1-5-9(3)7-11(4)10(6-2)8-12/h9-10,12H,5-8H2,1-4H3/t9?,10-/m1/s1. The molecule has 0 saturated heterocycles. The topological polar surface area (TPSA) is 23.5 Å². The Kier molecular flexibility index (Phi) is 6.39. The van der Waals surface area contributed by atoms with Crippen LogP contribution in [-0.4, -0.2) is 36.2 Å². The van der Waals surface area contributed by atoms with Crippen molar-refractivity contribution in [3.63, 3.8) is 0 Å². The zero-order valence-corrected chi connectivity index (χ0v) is 8.88. The van der Waals surface area contributed by atoms with Crippen LogP contribution in [0.25, 0.3) is 0 Å². The summed E-state index contributed by atoms with van der Waals surface area (Å²) in [5, 5.41) is 9.04. The lowest BCUT2D eigenvalue weighted by atomic mass is 10.1. The molecule has 0 aliphatic carbocycles. The van der Waals surface area contributed by atoms with E-state index in [1.54, 1.807) is 0 Å². The number of rotatable bonds is 6. The van der Waals surface area contributed by atoms with Crippen LogP contribution in [0.4, 0.5) is 0 Å². The lowest BCUT2D eigenvalue weighted by Crippen LogP contribution is -2.36. The fourth-order valence-electron chi connectivity index (χ4n) is 1.35. The van der Waals surface area contributed by atoms with E-state index < -0.39 is 0 Å². The summed E-state index contributed by atoms with van der Waals surface area (Å²) in [5.74, 6) is 0.732. The van der Waals surface area contributed by atoms with Crippen molar-refractivity contribution < 1.29 is 5.11 Å². The molecular weight excluding hydrogens is 150 g/mol. The molecule has 0 aliphatic rings. The zero-order valence-electron chi connectivity index (χ0n) is 8.88. The minimum Gasteiger partial charge on any atom is -0.395 e. The molecule has 0 aromatic carbocycles. The third-order valence-corrected chi connectivity index (χ3v) is 2.60. The molecule has 0 spiro atoms. The van der Waals surface area contributed by atoms with Crippen LogP contribution < -0.4 is 0 Å². The van der Waals surface area contributed by atoms with E-state index in [0.717, 1.165) is 18.9 Å². The van der Waals surface area contributed by atoms with Crippen LogP contribution in [0, 0.1) is 5.92 Å². The van der Waals surface area contributed by atoms with Gasteiger partial charge in [0.1, 0.15) is 0 Å². The van der Waals surface area contributed by atoms with E-state index >= 15 is 0 Å². The minimum atomic E-state index is 0.281. The molecule has 0 bridgehead atoms. The van der Waals surface area contributed by atoms with Gasteiger partial charge in [0.2, 0.25) is 0 Å². The first-order chi connectivity index (χ1) is 5.65. The normalized spacial score (nSPS) is 16.5. The van der Waals surface area contributed by atoms with Gasteiger partial charge in [0, 0.05) is 12.6 Å². The predicted molar refractivity (Wildman–Crippen MR) is 53.2 cm³/mol. The smallest absolute Gasteiger partial charge is 0.0586 e. The van der Waals surface area contributed by atoms with E-state index in [2.05, 4.69) is 32.7 Å². The maximum absolute atomic E-state index is 9.04. The van der Waals surface area contributed by atoms with Gasteiger partial charge in [-0.3, -0.25) is 0 Å². The molecular formula is C10H23NO. The summed E-state index contributed by atoms with van der Waals surface area (Å²) in [6, 6.07) is 0.346. The van der Waals surface area contributed by atoms with Crippen molar-refractivity contribution in [2.75, 3.05) is 20.2 Å². The summed E-state index contributed by atoms with van der Waals surface area (Å²) in [5.41, 5.74) is 0. The lowest BCUT2D eigenvalue weighted by Gasteiger charge is -2.27. The van der Waals surface area contributed by atoms with Gasteiger partial charge in [-0.2, -0.15) is 0 Å².